The van der Waals surface area contributed by atoms with Crippen molar-refractivity contribution in [1.29, 1.82) is 0 Å². The predicted octanol–water partition coefficient (Wildman–Crippen LogP) is -4.44. The van der Waals surface area contributed by atoms with E-state index < -0.39 is 51.8 Å². The molecule has 2 atom stereocenters. The normalized spacial score (nSPS) is 17.8. The van der Waals surface area contributed by atoms with Crippen molar-refractivity contribution in [2.75, 3.05) is 24.9 Å². The first-order valence-electron chi connectivity index (χ1n) is 8.35. The maximum absolute atomic E-state index is 12.7. The minimum Gasteiger partial charge on any atom is -0.731 e. The van der Waals surface area contributed by atoms with Crippen LogP contribution in [0.25, 0.3) is 0 Å². The van der Waals surface area contributed by atoms with Crippen LogP contribution >= 0.6 is 22.9 Å². The van der Waals surface area contributed by atoms with Crippen molar-refractivity contribution in [3.8, 4) is 0 Å². The van der Waals surface area contributed by atoms with Crippen molar-refractivity contribution < 1.29 is 71.3 Å². The number of hydrogen-bond acceptors (Lipinski definition) is 12. The third-order valence-electron chi connectivity index (χ3n) is 3.70. The van der Waals surface area contributed by atoms with Gasteiger partial charge in [0.15, 0.2) is 27.2 Å². The number of methoxy groups -OCH3 is 1. The van der Waals surface area contributed by atoms with Gasteiger partial charge in [0.05, 0.1) is 7.11 Å². The molecule has 0 aliphatic carbocycles. The Morgan fingerprint density at radius 3 is 2.67 bits per heavy atom. The smallest absolute Gasteiger partial charge is 0.731 e. The van der Waals surface area contributed by atoms with Gasteiger partial charge in [-0.3, -0.25) is 14.4 Å². The van der Waals surface area contributed by atoms with Crippen LogP contribution in [0.5, 0.6) is 0 Å². The first-order valence-corrected chi connectivity index (χ1v) is 11.1. The van der Waals surface area contributed by atoms with E-state index in [9.17, 15) is 32.1 Å². The summed E-state index contributed by atoms with van der Waals surface area (Å²) in [5, 5.41) is 9.48. The number of nitrogens with one attached hydrogen (secondary N) is 2. The van der Waals surface area contributed by atoms with E-state index in [1.54, 1.807) is 0 Å². The molecule has 2 rings (SSSR count). The number of hydrogen-bond donors (Lipinski definition) is 2. The SMILES string of the molecule is C=CCON=C(C(=O)N[C@@H]1C(=O)N(S(=O)(=O)[O-])[C@@H]1C(=O)OC)c1csc(NC(=O)CCl)n1.[Na+]. The first-order chi connectivity index (χ1) is 15.0. The van der Waals surface area contributed by atoms with E-state index in [2.05, 4.69) is 32.1 Å². The fourth-order valence-corrected chi connectivity index (χ4v) is 3.96. The fraction of sp³-hybridized carbons (Fsp3) is 0.333. The molecular weight excluding hydrogens is 517 g/mol. The molecule has 1 saturated heterocycles. The molecule has 0 bridgehead atoms. The summed E-state index contributed by atoms with van der Waals surface area (Å²) in [5.74, 6) is -4.57. The number of carbonyl (C=O) groups excluding carboxylic acids is 4. The van der Waals surface area contributed by atoms with Crippen LogP contribution in [0.4, 0.5) is 5.13 Å². The van der Waals surface area contributed by atoms with Crippen molar-refractivity contribution >= 4 is 67.8 Å². The fourth-order valence-electron chi connectivity index (χ4n) is 2.37. The molecule has 1 aliphatic heterocycles. The molecule has 14 nitrogen and oxygen atoms in total. The number of aromatic nitrogens is 1. The van der Waals surface area contributed by atoms with Gasteiger partial charge in [-0.2, -0.15) is 0 Å². The molecule has 1 aromatic heterocycles. The van der Waals surface area contributed by atoms with Crippen molar-refractivity contribution in [3.63, 3.8) is 0 Å². The molecule has 1 aliphatic rings. The van der Waals surface area contributed by atoms with Crippen LogP contribution in [-0.2, 0) is 39.1 Å². The van der Waals surface area contributed by atoms with Crippen LogP contribution in [0.2, 0.25) is 0 Å². The third-order valence-corrected chi connectivity index (χ3v) is 5.59. The van der Waals surface area contributed by atoms with Crippen molar-refractivity contribution in [1.82, 2.24) is 14.6 Å². The average Bonchev–Trinajstić information content (AvgIpc) is 3.19. The zero-order chi connectivity index (χ0) is 24.1. The quantitative estimate of drug-likeness (QED) is 0.0342. The Morgan fingerprint density at radius 1 is 1.45 bits per heavy atom. The standard InChI is InChI=1S/C15H16ClN5O9S2.Na/c1-3-4-30-20-9(7-6-31-15(17-7)18-8(22)5-16)12(23)19-10-11(14(25)29-2)21(13(10)24)32(26,27)28;/h3,6,10-11H,1,4-5H2,2H3,(H,19,23)(H,17,18,22)(H,26,27,28);/q;+1/p-1/t10-,11-;/m0./s1. The Morgan fingerprint density at radius 2 is 2.12 bits per heavy atom. The van der Waals surface area contributed by atoms with Crippen LogP contribution < -0.4 is 40.2 Å². The van der Waals surface area contributed by atoms with Crippen LogP contribution in [-0.4, -0.2) is 83.3 Å². The van der Waals surface area contributed by atoms with Gasteiger partial charge in [0.1, 0.15) is 24.2 Å². The van der Waals surface area contributed by atoms with Gasteiger partial charge in [-0.15, -0.1) is 22.9 Å². The molecule has 2 N–H and O–H groups in total. The van der Waals surface area contributed by atoms with Crippen LogP contribution in [0.1, 0.15) is 5.69 Å². The second-order valence-electron chi connectivity index (χ2n) is 5.75. The predicted molar refractivity (Wildman–Crippen MR) is 108 cm³/mol. The van der Waals surface area contributed by atoms with Gasteiger partial charge in [-0.1, -0.05) is 17.8 Å². The zero-order valence-corrected chi connectivity index (χ0v) is 21.5. The Kier molecular flexibility index (Phi) is 10.9. The van der Waals surface area contributed by atoms with Crippen LogP contribution in [0.3, 0.4) is 0 Å². The summed E-state index contributed by atoms with van der Waals surface area (Å²) in [6.45, 7) is 3.31. The van der Waals surface area contributed by atoms with Crippen molar-refractivity contribution in [2.45, 2.75) is 12.1 Å². The number of anilines is 1. The Balaban J connectivity index is 0.00000544. The summed E-state index contributed by atoms with van der Waals surface area (Å²) < 4.78 is 37.9. The summed E-state index contributed by atoms with van der Waals surface area (Å²) in [5.41, 5.74) is -0.564. The van der Waals surface area contributed by atoms with Gasteiger partial charge in [0.25, 0.3) is 11.8 Å². The van der Waals surface area contributed by atoms with Gasteiger partial charge >= 0.3 is 35.5 Å². The summed E-state index contributed by atoms with van der Waals surface area (Å²) in [6, 6.07) is -3.62. The summed E-state index contributed by atoms with van der Waals surface area (Å²) >= 11 is 6.33. The topological polar surface area (TPSA) is 196 Å². The number of nitrogens with zero attached hydrogens (tertiary/aromatic N) is 3. The maximum atomic E-state index is 12.7. The number of rotatable bonds is 10. The molecule has 0 unspecified atom stereocenters. The van der Waals surface area contributed by atoms with Gasteiger partial charge in [0, 0.05) is 5.38 Å². The largest absolute Gasteiger partial charge is 1.00 e. The van der Waals surface area contributed by atoms with E-state index in [0.29, 0.717) is 0 Å². The molecule has 1 fully saturated rings. The molecular formula is C15H15ClN5NaO9S2. The van der Waals surface area contributed by atoms with Crippen LogP contribution in [0.15, 0.2) is 23.2 Å². The molecule has 0 saturated carbocycles. The number of halogens is 1. The van der Waals surface area contributed by atoms with Crippen LogP contribution in [0, 0.1) is 0 Å². The molecule has 33 heavy (non-hydrogen) atoms. The van der Waals surface area contributed by atoms with Gasteiger partial charge in [0.2, 0.25) is 5.91 Å². The Bertz CT molecular complexity index is 1080. The molecule has 174 valence electrons. The minimum absolute atomic E-state index is 0. The summed E-state index contributed by atoms with van der Waals surface area (Å²) in [7, 11) is -4.43. The number of esters is 1. The van der Waals surface area contributed by atoms with E-state index in [1.165, 1.54) is 11.5 Å². The number of thiazole rings is 1. The van der Waals surface area contributed by atoms with Gasteiger partial charge in [-0.05, 0) is 0 Å². The molecule has 0 radical (unpaired) electrons. The van der Waals surface area contributed by atoms with Gasteiger partial charge in [-0.25, -0.2) is 22.5 Å². The molecule has 3 amide bonds. The number of ether oxygens (including phenoxy) is 1. The second kappa shape index (κ2) is 12.4. The molecule has 18 heteroatoms. The number of oxime groups is 1. The van der Waals surface area contributed by atoms with Crippen molar-refractivity contribution in [2.24, 2.45) is 5.16 Å². The number of β-lactam (4-membered cyclic amide) rings is 1. The second-order valence-corrected chi connectivity index (χ2v) is 8.13. The molecule has 1 aromatic rings. The molecule has 2 heterocycles. The molecule has 0 spiro atoms. The van der Waals surface area contributed by atoms with E-state index in [0.717, 1.165) is 18.4 Å². The number of amides is 3. The zero-order valence-electron chi connectivity index (χ0n) is 17.1. The first kappa shape index (κ1) is 29.0. The number of carbonyl (C=O) groups is 4. The van der Waals surface area contributed by atoms with E-state index in [4.69, 9.17) is 16.4 Å². The van der Waals surface area contributed by atoms with E-state index >= 15 is 0 Å². The maximum Gasteiger partial charge on any atom is 1.00 e. The minimum atomic E-state index is -5.34. The number of alkyl halides is 1. The molecule has 0 aromatic carbocycles. The monoisotopic (exact) mass is 531 g/mol. The third kappa shape index (κ3) is 6.95. The Labute approximate surface area is 218 Å². The Hall–Kier alpha value is -2.08. The van der Waals surface area contributed by atoms with E-state index in [1.807, 2.05) is 0 Å². The van der Waals surface area contributed by atoms with Gasteiger partial charge < -0.3 is 24.8 Å². The average molecular weight is 532 g/mol. The summed E-state index contributed by atoms with van der Waals surface area (Å²) in [6.07, 6.45) is 1.33. The summed E-state index contributed by atoms with van der Waals surface area (Å²) in [4.78, 5) is 57.0. The van der Waals surface area contributed by atoms with E-state index in [-0.39, 0.29) is 57.2 Å². The van der Waals surface area contributed by atoms with Crippen molar-refractivity contribution in [3.05, 3.63) is 23.7 Å².